The van der Waals surface area contributed by atoms with Gasteiger partial charge in [0.25, 0.3) is 0 Å². The molecule has 0 saturated carbocycles. The number of ether oxygens (including phenoxy) is 4. The average Bonchev–Trinajstić information content (AvgIpc) is 2.82. The Bertz CT molecular complexity index is 346. The molecule has 0 radical (unpaired) electrons. The van der Waals surface area contributed by atoms with Gasteiger partial charge in [-0.05, 0) is 12.1 Å². The molecule has 1 saturated heterocycles. The number of benzene rings is 1. The van der Waals surface area contributed by atoms with Crippen molar-refractivity contribution in [3.05, 3.63) is 30.3 Å². The highest BCUT2D eigenvalue weighted by molar-refractivity contribution is 5.69. The third-order valence-corrected chi connectivity index (χ3v) is 1.92. The molecule has 1 heterocycles. The Morgan fingerprint density at radius 2 is 1.94 bits per heavy atom. The molecule has 1 fully saturated rings. The van der Waals surface area contributed by atoms with Crippen molar-refractivity contribution < 1.29 is 18.9 Å². The molecule has 0 aliphatic carbocycles. The lowest BCUT2D eigenvalue weighted by atomic mass is 10.3. The van der Waals surface area contributed by atoms with Gasteiger partial charge in [-0.1, -0.05) is 18.2 Å². The van der Waals surface area contributed by atoms with Crippen molar-refractivity contribution in [3.63, 3.8) is 0 Å². The van der Waals surface area contributed by atoms with E-state index in [0.29, 0.717) is 19.0 Å². The molecule has 1 aromatic carbocycles. The van der Waals surface area contributed by atoms with Crippen LogP contribution in [-0.2, 0) is 14.2 Å². The van der Waals surface area contributed by atoms with Gasteiger partial charge >= 0.3 is 12.6 Å². The number of aliphatic imine (C=N–C) groups is 1. The first-order valence-electron chi connectivity index (χ1n) is 4.98. The average molecular weight is 223 g/mol. The largest absolute Gasteiger partial charge is 0.411 e. The van der Waals surface area contributed by atoms with Crippen LogP contribution in [-0.4, -0.2) is 32.8 Å². The molecule has 0 atom stereocenters. The maximum absolute atomic E-state index is 5.39. The Hall–Kier alpha value is -1.59. The lowest BCUT2D eigenvalue weighted by Gasteiger charge is -2.13. The Morgan fingerprint density at radius 3 is 2.56 bits per heavy atom. The summed E-state index contributed by atoms with van der Waals surface area (Å²) in [5.41, 5.74) is 0. The van der Waals surface area contributed by atoms with Gasteiger partial charge in [-0.3, -0.25) is 0 Å². The molecule has 5 heteroatoms. The summed E-state index contributed by atoms with van der Waals surface area (Å²) in [5, 5.41) is 0. The molecule has 0 spiro atoms. The number of hydrogen-bond donors (Lipinski definition) is 0. The predicted octanol–water partition coefficient (Wildman–Crippen LogP) is 1.40. The van der Waals surface area contributed by atoms with E-state index in [1.54, 1.807) is 7.05 Å². The zero-order chi connectivity index (χ0) is 11.2. The van der Waals surface area contributed by atoms with Crippen LogP contribution in [0.3, 0.4) is 0 Å². The van der Waals surface area contributed by atoms with Crippen LogP contribution < -0.4 is 4.74 Å². The third kappa shape index (κ3) is 2.95. The van der Waals surface area contributed by atoms with Gasteiger partial charge in [0.05, 0.1) is 13.2 Å². The molecule has 0 N–H and O–H groups in total. The van der Waals surface area contributed by atoms with Crippen molar-refractivity contribution in [1.82, 2.24) is 0 Å². The summed E-state index contributed by atoms with van der Waals surface area (Å²) in [5.74, 6) is 0.654. The predicted molar refractivity (Wildman–Crippen MR) is 57.2 cm³/mol. The Labute approximate surface area is 93.6 Å². The van der Waals surface area contributed by atoms with E-state index in [4.69, 9.17) is 18.9 Å². The van der Waals surface area contributed by atoms with Gasteiger partial charge in [0, 0.05) is 7.05 Å². The number of hydrogen-bond acceptors (Lipinski definition) is 5. The molecule has 1 aliphatic rings. The maximum atomic E-state index is 5.39. The molecule has 0 bridgehead atoms. The van der Waals surface area contributed by atoms with Gasteiger partial charge < -0.3 is 18.9 Å². The normalized spacial score (nSPS) is 17.4. The summed E-state index contributed by atoms with van der Waals surface area (Å²) in [6.45, 7) is 0.322. The molecular formula is C11H13NO4. The van der Waals surface area contributed by atoms with Crippen LogP contribution in [0.15, 0.2) is 35.3 Å². The molecule has 1 aliphatic heterocycles. The van der Waals surface area contributed by atoms with E-state index in [9.17, 15) is 0 Å². The van der Waals surface area contributed by atoms with Crippen LogP contribution in [0.25, 0.3) is 0 Å². The van der Waals surface area contributed by atoms with Gasteiger partial charge in [0.2, 0.25) is 0 Å². The zero-order valence-corrected chi connectivity index (χ0v) is 8.96. The zero-order valence-electron chi connectivity index (χ0n) is 8.96. The van der Waals surface area contributed by atoms with E-state index in [1.165, 1.54) is 0 Å². The number of rotatable bonds is 2. The number of nitrogens with zero attached hydrogens (tertiary/aromatic N) is 1. The Balaban J connectivity index is 1.91. The molecule has 0 amide bonds. The van der Waals surface area contributed by atoms with Crippen molar-refractivity contribution >= 4 is 6.08 Å². The minimum Gasteiger partial charge on any atom is -0.411 e. The first-order valence-corrected chi connectivity index (χ1v) is 4.98. The highest BCUT2D eigenvalue weighted by atomic mass is 16.9. The molecule has 86 valence electrons. The van der Waals surface area contributed by atoms with E-state index in [0.717, 1.165) is 0 Å². The molecule has 0 aromatic heterocycles. The van der Waals surface area contributed by atoms with Crippen molar-refractivity contribution in [3.8, 4) is 5.75 Å². The molecular weight excluding hydrogens is 210 g/mol. The van der Waals surface area contributed by atoms with Gasteiger partial charge in [-0.25, -0.2) is 4.99 Å². The minimum atomic E-state index is -0.720. The van der Waals surface area contributed by atoms with E-state index in [1.807, 2.05) is 30.3 Å². The smallest absolute Gasteiger partial charge is 0.392 e. The van der Waals surface area contributed by atoms with Crippen LogP contribution >= 0.6 is 0 Å². The second kappa shape index (κ2) is 5.48. The second-order valence-electron chi connectivity index (χ2n) is 3.05. The van der Waals surface area contributed by atoms with E-state index >= 15 is 0 Å². The molecule has 0 unspecified atom stereocenters. The maximum Gasteiger partial charge on any atom is 0.392 e. The fourth-order valence-corrected chi connectivity index (χ4v) is 1.20. The van der Waals surface area contributed by atoms with Gasteiger partial charge in [0.15, 0.2) is 0 Å². The highest BCUT2D eigenvalue weighted by Gasteiger charge is 2.20. The summed E-state index contributed by atoms with van der Waals surface area (Å²) in [4.78, 5) is 3.86. The summed E-state index contributed by atoms with van der Waals surface area (Å²) >= 11 is 0. The topological polar surface area (TPSA) is 49.3 Å². The van der Waals surface area contributed by atoms with Crippen LogP contribution in [0.2, 0.25) is 0 Å². The molecule has 2 rings (SSSR count). The minimum absolute atomic E-state index is 0.123. The van der Waals surface area contributed by atoms with Crippen molar-refractivity contribution in [2.45, 2.75) is 6.48 Å². The van der Waals surface area contributed by atoms with E-state index < -0.39 is 6.48 Å². The third-order valence-electron chi connectivity index (χ3n) is 1.92. The summed E-state index contributed by atoms with van der Waals surface area (Å²) in [6, 6.07) is 9.26. The van der Waals surface area contributed by atoms with Crippen molar-refractivity contribution in [2.75, 3.05) is 20.3 Å². The van der Waals surface area contributed by atoms with Crippen molar-refractivity contribution in [1.29, 1.82) is 0 Å². The van der Waals surface area contributed by atoms with Crippen LogP contribution in [0.5, 0.6) is 5.75 Å². The number of para-hydroxylation sites is 1. The Kier molecular flexibility index (Phi) is 3.74. The van der Waals surface area contributed by atoms with E-state index in [-0.39, 0.29) is 6.08 Å². The molecule has 1 aromatic rings. The Morgan fingerprint density at radius 1 is 1.25 bits per heavy atom. The lowest BCUT2D eigenvalue weighted by Crippen LogP contribution is -2.22. The van der Waals surface area contributed by atoms with E-state index in [2.05, 4.69) is 4.99 Å². The highest BCUT2D eigenvalue weighted by Crippen LogP contribution is 2.12. The summed E-state index contributed by atoms with van der Waals surface area (Å²) in [6.07, 6.45) is 0.123. The lowest BCUT2D eigenvalue weighted by molar-refractivity contribution is -0.191. The van der Waals surface area contributed by atoms with Gasteiger partial charge in [-0.15, -0.1) is 0 Å². The van der Waals surface area contributed by atoms with Gasteiger partial charge in [-0.2, -0.15) is 0 Å². The molecule has 16 heavy (non-hydrogen) atoms. The fraction of sp³-hybridized carbons (Fsp3) is 0.364. The monoisotopic (exact) mass is 223 g/mol. The first kappa shape index (κ1) is 10.9. The van der Waals surface area contributed by atoms with Gasteiger partial charge in [0.1, 0.15) is 5.75 Å². The quantitative estimate of drug-likeness (QED) is 0.561. The van der Waals surface area contributed by atoms with Crippen LogP contribution in [0.1, 0.15) is 0 Å². The van der Waals surface area contributed by atoms with Crippen molar-refractivity contribution in [2.24, 2.45) is 4.99 Å². The van der Waals surface area contributed by atoms with Crippen LogP contribution in [0, 0.1) is 0 Å². The second-order valence-corrected chi connectivity index (χ2v) is 3.05. The fourth-order valence-electron chi connectivity index (χ4n) is 1.20. The van der Waals surface area contributed by atoms with Crippen LogP contribution in [0.4, 0.5) is 0 Å². The summed E-state index contributed by atoms with van der Waals surface area (Å²) in [7, 11) is 1.58. The standard InChI is InChI=1S/C11H13NO4/c1-12-10(16-11-13-7-8-14-11)15-9-5-3-2-4-6-9/h2-6,11H,7-8H2,1H3. The summed E-state index contributed by atoms with van der Waals surface area (Å²) < 4.78 is 20.9. The first-order chi connectivity index (χ1) is 7.88. The SMILES string of the molecule is CN=C(Oc1ccccc1)OC1OCCO1. The molecule has 5 nitrogen and oxygen atoms in total.